The minimum Gasteiger partial charge on any atom is -0.458 e. The summed E-state index contributed by atoms with van der Waals surface area (Å²) in [6, 6.07) is 0. The first kappa shape index (κ1) is 31.6. The van der Waals surface area contributed by atoms with E-state index < -0.39 is 88.3 Å². The summed E-state index contributed by atoms with van der Waals surface area (Å²) in [7, 11) is 0. The highest BCUT2D eigenvalue weighted by Crippen LogP contribution is 2.53. The molecule has 39 heavy (non-hydrogen) atoms. The van der Waals surface area contributed by atoms with E-state index in [9.17, 15) is 33.6 Å². The first-order valence-corrected chi connectivity index (χ1v) is 12.5. The van der Waals surface area contributed by atoms with E-state index in [1.165, 1.54) is 46.8 Å². The Morgan fingerprint density at radius 2 is 1.38 bits per heavy atom. The summed E-state index contributed by atoms with van der Waals surface area (Å²) in [5.41, 5.74) is -5.15. The van der Waals surface area contributed by atoms with Crippen molar-refractivity contribution in [1.82, 2.24) is 0 Å². The maximum Gasteiger partial charge on any atom is 0.303 e. The van der Waals surface area contributed by atoms with Crippen LogP contribution in [0.5, 0.6) is 0 Å². The SMILES string of the molecule is CC(=O)O[C@@H]1C2[C@@H](OC(C)=O)C(C)=CC(=O)C(=O)C(C)(C)/C=C/[C@@H](C)C(=O)[C@@]2(OC(C)=O)C[C@@]1(C)OC(C)=O. The van der Waals surface area contributed by atoms with Gasteiger partial charge in [0, 0.05) is 45.4 Å². The average molecular weight is 549 g/mol. The summed E-state index contributed by atoms with van der Waals surface area (Å²) in [4.78, 5) is 89.6. The maximum atomic E-state index is 14.3. The van der Waals surface area contributed by atoms with Gasteiger partial charge in [-0.05, 0) is 39.3 Å². The van der Waals surface area contributed by atoms with Crippen LogP contribution in [0.3, 0.4) is 0 Å². The molecule has 2 rings (SSSR count). The van der Waals surface area contributed by atoms with Gasteiger partial charge in [0.15, 0.2) is 23.1 Å². The van der Waals surface area contributed by atoms with E-state index in [4.69, 9.17) is 18.9 Å². The van der Waals surface area contributed by atoms with Gasteiger partial charge >= 0.3 is 23.9 Å². The van der Waals surface area contributed by atoms with Gasteiger partial charge in [0.1, 0.15) is 6.10 Å². The highest BCUT2D eigenvalue weighted by molar-refractivity contribution is 6.43. The zero-order chi connectivity index (χ0) is 30.1. The van der Waals surface area contributed by atoms with Gasteiger partial charge < -0.3 is 18.9 Å². The molecule has 0 N–H and O–H groups in total. The van der Waals surface area contributed by atoms with Crippen LogP contribution in [0, 0.1) is 17.3 Å². The van der Waals surface area contributed by atoms with Crippen LogP contribution >= 0.6 is 0 Å². The number of esters is 4. The molecule has 1 unspecified atom stereocenters. The Morgan fingerprint density at radius 1 is 0.846 bits per heavy atom. The Kier molecular flexibility index (Phi) is 9.10. The monoisotopic (exact) mass is 548 g/mol. The van der Waals surface area contributed by atoms with Crippen LogP contribution in [-0.2, 0) is 52.5 Å². The van der Waals surface area contributed by atoms with Crippen LogP contribution in [0.2, 0.25) is 0 Å². The zero-order valence-corrected chi connectivity index (χ0v) is 23.7. The van der Waals surface area contributed by atoms with E-state index >= 15 is 0 Å². The van der Waals surface area contributed by atoms with Crippen LogP contribution in [0.1, 0.15) is 68.7 Å². The number of carbonyl (C=O) groups excluding carboxylic acids is 7. The summed E-state index contributed by atoms with van der Waals surface area (Å²) in [5, 5.41) is 0. The number of ketones is 3. The Morgan fingerprint density at radius 3 is 1.87 bits per heavy atom. The first-order chi connectivity index (χ1) is 17.8. The van der Waals surface area contributed by atoms with Crippen molar-refractivity contribution in [2.24, 2.45) is 17.3 Å². The molecule has 0 bridgehead atoms. The van der Waals surface area contributed by atoms with Crippen LogP contribution in [0.15, 0.2) is 23.8 Å². The molecule has 11 nitrogen and oxygen atoms in total. The molecule has 0 spiro atoms. The maximum absolute atomic E-state index is 14.3. The van der Waals surface area contributed by atoms with Crippen molar-refractivity contribution in [2.75, 3.05) is 0 Å². The predicted octanol–water partition coefficient (Wildman–Crippen LogP) is 2.38. The number of carbonyl (C=O) groups is 7. The Bertz CT molecular complexity index is 1160. The van der Waals surface area contributed by atoms with Crippen molar-refractivity contribution in [3.63, 3.8) is 0 Å². The van der Waals surface area contributed by atoms with Crippen LogP contribution < -0.4 is 0 Å². The molecule has 2 aliphatic carbocycles. The van der Waals surface area contributed by atoms with Gasteiger partial charge in [-0.25, -0.2) is 0 Å². The van der Waals surface area contributed by atoms with E-state index in [0.29, 0.717) is 0 Å². The number of hydrogen-bond donors (Lipinski definition) is 0. The third kappa shape index (κ3) is 6.51. The second-order valence-corrected chi connectivity index (χ2v) is 11.0. The molecule has 0 aliphatic heterocycles. The zero-order valence-electron chi connectivity index (χ0n) is 23.7. The molecule has 0 heterocycles. The molecule has 0 saturated heterocycles. The van der Waals surface area contributed by atoms with Gasteiger partial charge in [-0.1, -0.05) is 19.1 Å². The van der Waals surface area contributed by atoms with E-state index in [1.807, 2.05) is 0 Å². The lowest BCUT2D eigenvalue weighted by atomic mass is 9.74. The van der Waals surface area contributed by atoms with E-state index in [1.54, 1.807) is 0 Å². The lowest BCUT2D eigenvalue weighted by Crippen LogP contribution is -2.56. The molecule has 6 atom stereocenters. The van der Waals surface area contributed by atoms with Gasteiger partial charge in [0.2, 0.25) is 11.6 Å². The van der Waals surface area contributed by atoms with Gasteiger partial charge in [-0.2, -0.15) is 0 Å². The van der Waals surface area contributed by atoms with Gasteiger partial charge in [-0.3, -0.25) is 33.6 Å². The fraction of sp³-hybridized carbons (Fsp3) is 0.607. The Hall–Kier alpha value is -3.63. The third-order valence-corrected chi connectivity index (χ3v) is 6.94. The quantitative estimate of drug-likeness (QED) is 0.220. The predicted molar refractivity (Wildman–Crippen MR) is 135 cm³/mol. The van der Waals surface area contributed by atoms with E-state index in [2.05, 4.69) is 0 Å². The summed E-state index contributed by atoms with van der Waals surface area (Å²) in [6.45, 7) is 11.7. The topological polar surface area (TPSA) is 156 Å². The van der Waals surface area contributed by atoms with Crippen LogP contribution in [0.25, 0.3) is 0 Å². The van der Waals surface area contributed by atoms with Crippen molar-refractivity contribution in [1.29, 1.82) is 0 Å². The Balaban J connectivity index is 3.07. The average Bonchev–Trinajstić information content (AvgIpc) is 3.00. The summed E-state index contributed by atoms with van der Waals surface area (Å²) >= 11 is 0. The third-order valence-electron chi connectivity index (χ3n) is 6.94. The Labute approximate surface area is 227 Å². The molecule has 11 heteroatoms. The van der Waals surface area contributed by atoms with Gasteiger partial charge in [0.05, 0.1) is 5.92 Å². The van der Waals surface area contributed by atoms with Crippen LogP contribution in [-0.4, -0.2) is 64.6 Å². The van der Waals surface area contributed by atoms with Gasteiger partial charge in [-0.15, -0.1) is 0 Å². The standard InChI is InChI=1S/C28H36O11/c1-14-10-11-26(7,8)24(35)20(33)12-15(2)22(36-16(3)29)21-25(37-17(4)30)27(9,38-18(5)31)13-28(21,23(14)34)39-19(6)32/h10-12,14,21-22,25H,13H2,1-9H3/b11-10+,15-12?/t14-,21?,22+,25-,27-,28-/m1/s1. The number of Topliss-reactive ketones (excluding diaryl/α,β-unsaturated/α-hetero) is 2. The number of ether oxygens (including phenoxy) is 4. The molecule has 0 aromatic heterocycles. The molecule has 1 fully saturated rings. The number of rotatable bonds is 4. The lowest BCUT2D eigenvalue weighted by Gasteiger charge is -2.40. The van der Waals surface area contributed by atoms with Crippen molar-refractivity contribution in [3.05, 3.63) is 23.8 Å². The summed E-state index contributed by atoms with van der Waals surface area (Å²) < 4.78 is 22.6. The molecular weight excluding hydrogens is 512 g/mol. The largest absolute Gasteiger partial charge is 0.458 e. The second-order valence-electron chi connectivity index (χ2n) is 11.0. The fourth-order valence-corrected chi connectivity index (χ4v) is 5.46. The molecular formula is C28H36O11. The van der Waals surface area contributed by atoms with Crippen molar-refractivity contribution < 1.29 is 52.5 Å². The van der Waals surface area contributed by atoms with E-state index in [0.717, 1.165) is 33.8 Å². The number of fused-ring (bicyclic) bond motifs is 1. The minimum atomic E-state index is -2.15. The molecule has 0 radical (unpaired) electrons. The van der Waals surface area contributed by atoms with Crippen molar-refractivity contribution in [2.45, 2.75) is 92.1 Å². The van der Waals surface area contributed by atoms with Crippen molar-refractivity contribution in [3.8, 4) is 0 Å². The van der Waals surface area contributed by atoms with Gasteiger partial charge in [0.25, 0.3) is 0 Å². The molecule has 0 aromatic rings. The normalized spacial score (nSPS) is 33.5. The second kappa shape index (κ2) is 11.2. The van der Waals surface area contributed by atoms with Crippen molar-refractivity contribution >= 4 is 41.2 Å². The van der Waals surface area contributed by atoms with Crippen LogP contribution in [0.4, 0.5) is 0 Å². The molecule has 0 amide bonds. The first-order valence-electron chi connectivity index (χ1n) is 12.5. The number of hydrogen-bond acceptors (Lipinski definition) is 11. The highest BCUT2D eigenvalue weighted by Gasteiger charge is 2.71. The molecule has 0 aromatic carbocycles. The summed E-state index contributed by atoms with van der Waals surface area (Å²) in [5.74, 6) is -8.13. The lowest BCUT2D eigenvalue weighted by molar-refractivity contribution is -0.189. The molecule has 214 valence electrons. The highest BCUT2D eigenvalue weighted by atomic mass is 16.6. The number of allylic oxidation sites excluding steroid dienone is 3. The smallest absolute Gasteiger partial charge is 0.303 e. The molecule has 2 aliphatic rings. The molecule has 1 saturated carbocycles. The van der Waals surface area contributed by atoms with E-state index in [-0.39, 0.29) is 5.57 Å². The fourth-order valence-electron chi connectivity index (χ4n) is 5.46. The summed E-state index contributed by atoms with van der Waals surface area (Å²) in [6.07, 6.45) is 0.382. The minimum absolute atomic E-state index is 0.0233.